The second kappa shape index (κ2) is 5.53. The third kappa shape index (κ3) is 3.84. The van der Waals surface area contributed by atoms with E-state index in [9.17, 15) is 0 Å². The van der Waals surface area contributed by atoms with Gasteiger partial charge in [0.25, 0.3) is 0 Å². The van der Waals surface area contributed by atoms with Gasteiger partial charge in [0.1, 0.15) is 0 Å². The topological polar surface area (TPSA) is 12.0 Å². The maximum atomic E-state index is 6.21. The molecular formula is C13H20ClN. The summed E-state index contributed by atoms with van der Waals surface area (Å²) < 4.78 is 0. The van der Waals surface area contributed by atoms with Crippen LogP contribution in [0.3, 0.4) is 0 Å². The van der Waals surface area contributed by atoms with Gasteiger partial charge in [-0.3, -0.25) is 0 Å². The molecule has 0 aliphatic heterocycles. The van der Waals surface area contributed by atoms with Crippen LogP contribution in [-0.2, 0) is 6.54 Å². The number of hydrogen-bond acceptors (Lipinski definition) is 1. The second-order valence-corrected chi connectivity index (χ2v) is 4.95. The van der Waals surface area contributed by atoms with E-state index in [-0.39, 0.29) is 0 Å². The van der Waals surface area contributed by atoms with Crippen molar-refractivity contribution in [1.82, 2.24) is 5.32 Å². The smallest absolute Gasteiger partial charge is 0.0443 e. The third-order valence-electron chi connectivity index (χ3n) is 2.40. The first-order chi connectivity index (χ1) is 7.00. The average Bonchev–Trinajstić information content (AvgIpc) is 2.14. The molecule has 2 heteroatoms. The summed E-state index contributed by atoms with van der Waals surface area (Å²) in [4.78, 5) is 0. The Balaban J connectivity index is 2.73. The summed E-state index contributed by atoms with van der Waals surface area (Å²) in [5.41, 5.74) is 2.48. The molecule has 0 bridgehead atoms. The zero-order valence-corrected chi connectivity index (χ0v) is 10.7. The Morgan fingerprint density at radius 2 is 1.87 bits per heavy atom. The Labute approximate surface area is 97.8 Å². The Bertz CT molecular complexity index is 318. The third-order valence-corrected chi connectivity index (χ3v) is 2.73. The van der Waals surface area contributed by atoms with Crippen LogP contribution in [0.2, 0.25) is 5.02 Å². The minimum atomic E-state index is 0.490. The molecule has 1 aromatic carbocycles. The molecule has 0 radical (unpaired) electrons. The fourth-order valence-corrected chi connectivity index (χ4v) is 1.89. The highest BCUT2D eigenvalue weighted by molar-refractivity contribution is 6.31. The van der Waals surface area contributed by atoms with Crippen molar-refractivity contribution < 1.29 is 0 Å². The Hall–Kier alpha value is -0.530. The maximum absolute atomic E-state index is 6.21. The van der Waals surface area contributed by atoms with Gasteiger partial charge in [0, 0.05) is 17.6 Å². The summed E-state index contributed by atoms with van der Waals surface area (Å²) in [5, 5.41) is 4.26. The van der Waals surface area contributed by atoms with Crippen LogP contribution in [0.1, 0.15) is 44.7 Å². The molecule has 1 nitrogen and oxygen atoms in total. The highest BCUT2D eigenvalue weighted by Gasteiger charge is 2.05. The molecule has 15 heavy (non-hydrogen) atoms. The van der Waals surface area contributed by atoms with Crippen molar-refractivity contribution in [3.63, 3.8) is 0 Å². The highest BCUT2D eigenvalue weighted by atomic mass is 35.5. The Morgan fingerprint density at radius 3 is 2.33 bits per heavy atom. The first kappa shape index (κ1) is 12.5. The monoisotopic (exact) mass is 225 g/mol. The minimum absolute atomic E-state index is 0.490. The number of rotatable bonds is 4. The molecule has 0 aromatic heterocycles. The molecule has 84 valence electrons. The second-order valence-electron chi connectivity index (χ2n) is 4.55. The van der Waals surface area contributed by atoms with E-state index in [0.29, 0.717) is 12.0 Å². The van der Waals surface area contributed by atoms with Crippen LogP contribution in [-0.4, -0.2) is 6.04 Å². The molecule has 0 aliphatic rings. The van der Waals surface area contributed by atoms with Crippen LogP contribution in [0.4, 0.5) is 0 Å². The van der Waals surface area contributed by atoms with Crippen LogP contribution in [0.15, 0.2) is 18.2 Å². The lowest BCUT2D eigenvalue weighted by atomic mass is 10.0. The normalized spacial score (nSPS) is 11.4. The van der Waals surface area contributed by atoms with Crippen molar-refractivity contribution >= 4 is 11.6 Å². The molecule has 1 rings (SSSR count). The molecule has 0 spiro atoms. The molecule has 0 atom stereocenters. The fraction of sp³-hybridized carbons (Fsp3) is 0.538. The zero-order chi connectivity index (χ0) is 11.4. The first-order valence-corrected chi connectivity index (χ1v) is 5.90. The van der Waals surface area contributed by atoms with Crippen molar-refractivity contribution in [2.45, 2.75) is 46.2 Å². The van der Waals surface area contributed by atoms with Gasteiger partial charge in [-0.15, -0.1) is 0 Å². The van der Waals surface area contributed by atoms with Gasteiger partial charge in [0.2, 0.25) is 0 Å². The van der Waals surface area contributed by atoms with E-state index >= 15 is 0 Å². The van der Waals surface area contributed by atoms with Crippen LogP contribution in [0.25, 0.3) is 0 Å². The summed E-state index contributed by atoms with van der Waals surface area (Å²) in [6.07, 6.45) is 0. The minimum Gasteiger partial charge on any atom is -0.310 e. The standard InChI is InChI=1S/C13H20ClN/c1-9(2)12-6-5-11(7-13(12)14)8-15-10(3)4/h5-7,9-10,15H,8H2,1-4H3. The largest absolute Gasteiger partial charge is 0.310 e. The van der Waals surface area contributed by atoms with Gasteiger partial charge in [-0.25, -0.2) is 0 Å². The van der Waals surface area contributed by atoms with E-state index in [4.69, 9.17) is 11.6 Å². The Kier molecular flexibility index (Phi) is 4.62. The van der Waals surface area contributed by atoms with Crippen molar-refractivity contribution in [3.8, 4) is 0 Å². The van der Waals surface area contributed by atoms with E-state index in [1.807, 2.05) is 0 Å². The molecule has 0 saturated heterocycles. The van der Waals surface area contributed by atoms with Gasteiger partial charge in [0.15, 0.2) is 0 Å². The molecule has 0 fully saturated rings. The number of halogens is 1. The van der Waals surface area contributed by atoms with Gasteiger partial charge in [-0.05, 0) is 23.1 Å². The van der Waals surface area contributed by atoms with Gasteiger partial charge in [-0.2, -0.15) is 0 Å². The maximum Gasteiger partial charge on any atom is 0.0443 e. The lowest BCUT2D eigenvalue weighted by molar-refractivity contribution is 0.588. The predicted molar refractivity (Wildman–Crippen MR) is 67.5 cm³/mol. The first-order valence-electron chi connectivity index (χ1n) is 5.52. The summed E-state index contributed by atoms with van der Waals surface area (Å²) in [7, 11) is 0. The lowest BCUT2D eigenvalue weighted by Crippen LogP contribution is -2.21. The fourth-order valence-electron chi connectivity index (χ4n) is 1.47. The molecule has 1 N–H and O–H groups in total. The van der Waals surface area contributed by atoms with Crippen LogP contribution >= 0.6 is 11.6 Å². The summed E-state index contributed by atoms with van der Waals surface area (Å²) in [5.74, 6) is 0.490. The highest BCUT2D eigenvalue weighted by Crippen LogP contribution is 2.25. The van der Waals surface area contributed by atoms with Crippen LogP contribution in [0.5, 0.6) is 0 Å². The molecule has 1 aromatic rings. The molecule has 0 amide bonds. The van der Waals surface area contributed by atoms with Crippen molar-refractivity contribution in [3.05, 3.63) is 34.3 Å². The van der Waals surface area contributed by atoms with Gasteiger partial charge in [0.05, 0.1) is 0 Å². The van der Waals surface area contributed by atoms with Crippen LogP contribution < -0.4 is 5.32 Å². The number of nitrogens with one attached hydrogen (secondary N) is 1. The predicted octanol–water partition coefficient (Wildman–Crippen LogP) is 3.96. The molecular weight excluding hydrogens is 206 g/mol. The summed E-state index contributed by atoms with van der Waals surface area (Å²) >= 11 is 6.21. The van der Waals surface area contributed by atoms with E-state index in [0.717, 1.165) is 11.6 Å². The average molecular weight is 226 g/mol. The van der Waals surface area contributed by atoms with Crippen LogP contribution in [0, 0.1) is 0 Å². The van der Waals surface area contributed by atoms with Gasteiger partial charge < -0.3 is 5.32 Å². The van der Waals surface area contributed by atoms with E-state index in [2.05, 4.69) is 51.2 Å². The number of hydrogen-bond donors (Lipinski definition) is 1. The molecule has 0 heterocycles. The van der Waals surface area contributed by atoms with Gasteiger partial charge >= 0.3 is 0 Å². The number of benzene rings is 1. The summed E-state index contributed by atoms with van der Waals surface area (Å²) in [6.45, 7) is 9.49. The van der Waals surface area contributed by atoms with Crippen molar-refractivity contribution in [2.24, 2.45) is 0 Å². The van der Waals surface area contributed by atoms with Crippen molar-refractivity contribution in [1.29, 1.82) is 0 Å². The quantitative estimate of drug-likeness (QED) is 0.818. The SMILES string of the molecule is CC(C)NCc1ccc(C(C)C)c(Cl)c1. The Morgan fingerprint density at radius 1 is 1.20 bits per heavy atom. The molecule has 0 saturated carbocycles. The molecule has 0 unspecified atom stereocenters. The van der Waals surface area contributed by atoms with E-state index < -0.39 is 0 Å². The van der Waals surface area contributed by atoms with E-state index in [1.54, 1.807) is 0 Å². The lowest BCUT2D eigenvalue weighted by Gasteiger charge is -2.12. The van der Waals surface area contributed by atoms with Gasteiger partial charge in [-0.1, -0.05) is 51.4 Å². The zero-order valence-electron chi connectivity index (χ0n) is 9.97. The van der Waals surface area contributed by atoms with E-state index in [1.165, 1.54) is 11.1 Å². The summed E-state index contributed by atoms with van der Waals surface area (Å²) in [6, 6.07) is 6.85. The molecule has 0 aliphatic carbocycles. The van der Waals surface area contributed by atoms with Crippen molar-refractivity contribution in [2.75, 3.05) is 0 Å².